The zero-order valence-electron chi connectivity index (χ0n) is 12.9. The Labute approximate surface area is 132 Å². The zero-order chi connectivity index (χ0) is 16.3. The van der Waals surface area contributed by atoms with Gasteiger partial charge in [-0.25, -0.2) is 9.37 Å². The molecule has 5 nitrogen and oxygen atoms in total. The van der Waals surface area contributed by atoms with Crippen LogP contribution in [0.15, 0.2) is 18.2 Å². The summed E-state index contributed by atoms with van der Waals surface area (Å²) in [6, 6.07) is 4.33. The van der Waals surface area contributed by atoms with Crippen LogP contribution in [0.2, 0.25) is 0 Å². The predicted molar refractivity (Wildman–Crippen MR) is 86.6 cm³/mol. The number of nitrogens with zero attached hydrogens (tertiary/aromatic N) is 2. The summed E-state index contributed by atoms with van der Waals surface area (Å²) in [5, 5.41) is 13.0. The first-order chi connectivity index (χ1) is 10.3. The lowest BCUT2D eigenvalue weighted by molar-refractivity contribution is -0.117. The van der Waals surface area contributed by atoms with Crippen molar-refractivity contribution in [3.05, 3.63) is 24.0 Å². The highest BCUT2D eigenvalue weighted by Crippen LogP contribution is 2.26. The number of nitrogens with one attached hydrogen (secondary N) is 1. The topological polar surface area (TPSA) is 65.5 Å². The highest BCUT2D eigenvalue weighted by atomic mass is 32.1. The normalized spacial score (nSPS) is 12.1. The molecule has 0 fully saturated rings. The molecule has 7 heteroatoms. The minimum atomic E-state index is -0.857. The van der Waals surface area contributed by atoms with E-state index in [1.165, 1.54) is 23.5 Å². The van der Waals surface area contributed by atoms with Gasteiger partial charge in [-0.3, -0.25) is 9.69 Å². The van der Waals surface area contributed by atoms with Gasteiger partial charge in [0.05, 0.1) is 22.4 Å². The maximum absolute atomic E-state index is 13.1. The second-order valence-electron chi connectivity index (χ2n) is 5.79. The van der Waals surface area contributed by atoms with Gasteiger partial charge in [0.1, 0.15) is 5.82 Å². The van der Waals surface area contributed by atoms with Gasteiger partial charge in [0, 0.05) is 6.54 Å². The standard InChI is InChI=1S/C15H20FN3O2S/c1-4-19(9-15(2,3)21)8-13(20)18-14-17-11-6-5-10(16)7-12(11)22-14/h5-7,21H,4,8-9H2,1-3H3,(H,17,18,20). The Morgan fingerprint density at radius 1 is 1.50 bits per heavy atom. The van der Waals surface area contributed by atoms with Crippen LogP contribution in [0.25, 0.3) is 10.2 Å². The van der Waals surface area contributed by atoms with Gasteiger partial charge in [-0.15, -0.1) is 0 Å². The second kappa shape index (κ2) is 6.68. The van der Waals surface area contributed by atoms with Crippen LogP contribution in [0.4, 0.5) is 9.52 Å². The molecule has 2 N–H and O–H groups in total. The third-order valence-electron chi connectivity index (χ3n) is 3.02. The lowest BCUT2D eigenvalue weighted by atomic mass is 10.1. The SMILES string of the molecule is CCN(CC(=O)Nc1nc2ccc(F)cc2s1)CC(C)(C)O. The molecule has 0 unspecified atom stereocenters. The van der Waals surface area contributed by atoms with Crippen LogP contribution >= 0.6 is 11.3 Å². The van der Waals surface area contributed by atoms with Crippen molar-refractivity contribution in [1.82, 2.24) is 9.88 Å². The van der Waals surface area contributed by atoms with E-state index < -0.39 is 5.60 Å². The molecule has 120 valence electrons. The van der Waals surface area contributed by atoms with Crippen LogP contribution in [0, 0.1) is 5.82 Å². The van der Waals surface area contributed by atoms with E-state index in [0.717, 1.165) is 0 Å². The number of rotatable bonds is 6. The fraction of sp³-hybridized carbons (Fsp3) is 0.467. The molecule has 2 rings (SSSR count). The molecule has 0 aliphatic carbocycles. The van der Waals surface area contributed by atoms with E-state index in [9.17, 15) is 14.3 Å². The Balaban J connectivity index is 2.00. The highest BCUT2D eigenvalue weighted by Gasteiger charge is 2.19. The highest BCUT2D eigenvalue weighted by molar-refractivity contribution is 7.22. The van der Waals surface area contributed by atoms with Gasteiger partial charge < -0.3 is 10.4 Å². The van der Waals surface area contributed by atoms with Gasteiger partial charge in [-0.2, -0.15) is 0 Å². The van der Waals surface area contributed by atoms with E-state index in [-0.39, 0.29) is 18.3 Å². The summed E-state index contributed by atoms with van der Waals surface area (Å²) in [4.78, 5) is 18.2. The molecule has 0 bridgehead atoms. The molecule has 2 aromatic rings. The number of aliphatic hydroxyl groups is 1. The minimum absolute atomic E-state index is 0.171. The Morgan fingerprint density at radius 2 is 2.23 bits per heavy atom. The summed E-state index contributed by atoms with van der Waals surface area (Å²) in [5.74, 6) is -0.526. The van der Waals surface area contributed by atoms with Crippen molar-refractivity contribution in [3.8, 4) is 0 Å². The zero-order valence-corrected chi connectivity index (χ0v) is 13.7. The number of halogens is 1. The molecule has 1 aromatic carbocycles. The molecule has 1 aromatic heterocycles. The first-order valence-corrected chi connectivity index (χ1v) is 7.89. The van der Waals surface area contributed by atoms with Crippen molar-refractivity contribution < 1.29 is 14.3 Å². The summed E-state index contributed by atoms with van der Waals surface area (Å²) in [7, 11) is 0. The number of anilines is 1. The molecule has 0 aliphatic heterocycles. The Morgan fingerprint density at radius 3 is 2.86 bits per heavy atom. The Hall–Kier alpha value is -1.57. The maximum Gasteiger partial charge on any atom is 0.240 e. The van der Waals surface area contributed by atoms with Crippen molar-refractivity contribution in [2.75, 3.05) is 25.0 Å². The smallest absolute Gasteiger partial charge is 0.240 e. The van der Waals surface area contributed by atoms with Crippen molar-refractivity contribution in [1.29, 1.82) is 0 Å². The fourth-order valence-corrected chi connectivity index (χ4v) is 3.05. The lowest BCUT2D eigenvalue weighted by Gasteiger charge is -2.27. The van der Waals surface area contributed by atoms with Gasteiger partial charge in [-0.05, 0) is 38.6 Å². The van der Waals surface area contributed by atoms with Crippen LogP contribution in [-0.4, -0.2) is 46.1 Å². The van der Waals surface area contributed by atoms with E-state index in [4.69, 9.17) is 0 Å². The maximum atomic E-state index is 13.1. The third-order valence-corrected chi connectivity index (χ3v) is 3.96. The number of hydrogen-bond acceptors (Lipinski definition) is 5. The monoisotopic (exact) mass is 325 g/mol. The van der Waals surface area contributed by atoms with E-state index in [2.05, 4.69) is 10.3 Å². The van der Waals surface area contributed by atoms with Crippen molar-refractivity contribution in [3.63, 3.8) is 0 Å². The molecular formula is C15H20FN3O2S. The summed E-state index contributed by atoms with van der Waals surface area (Å²) in [5.41, 5.74) is -0.200. The first-order valence-electron chi connectivity index (χ1n) is 7.07. The summed E-state index contributed by atoms with van der Waals surface area (Å²) in [6.07, 6.45) is 0. The van der Waals surface area contributed by atoms with Crippen LogP contribution in [0.1, 0.15) is 20.8 Å². The number of amides is 1. The number of thiazole rings is 1. The predicted octanol–water partition coefficient (Wildman–Crippen LogP) is 2.47. The molecule has 0 aliphatic rings. The molecular weight excluding hydrogens is 305 g/mol. The second-order valence-corrected chi connectivity index (χ2v) is 6.83. The largest absolute Gasteiger partial charge is 0.389 e. The summed E-state index contributed by atoms with van der Waals surface area (Å²) < 4.78 is 13.8. The van der Waals surface area contributed by atoms with Gasteiger partial charge in [0.2, 0.25) is 5.91 Å². The fourth-order valence-electron chi connectivity index (χ4n) is 2.14. The van der Waals surface area contributed by atoms with E-state index in [0.29, 0.717) is 28.4 Å². The van der Waals surface area contributed by atoms with Crippen LogP contribution in [0.5, 0.6) is 0 Å². The van der Waals surface area contributed by atoms with Crippen LogP contribution < -0.4 is 5.32 Å². The van der Waals surface area contributed by atoms with E-state index >= 15 is 0 Å². The molecule has 0 atom stereocenters. The van der Waals surface area contributed by atoms with Gasteiger partial charge in [0.25, 0.3) is 0 Å². The number of benzene rings is 1. The van der Waals surface area contributed by atoms with Gasteiger partial charge in [-0.1, -0.05) is 18.3 Å². The number of carbonyl (C=O) groups excluding carboxylic acids is 1. The molecule has 22 heavy (non-hydrogen) atoms. The average Bonchev–Trinajstić information content (AvgIpc) is 2.77. The average molecular weight is 325 g/mol. The Kier molecular flexibility index (Phi) is 5.10. The molecule has 0 radical (unpaired) electrons. The molecule has 1 heterocycles. The van der Waals surface area contributed by atoms with Crippen LogP contribution in [-0.2, 0) is 4.79 Å². The number of fused-ring (bicyclic) bond motifs is 1. The number of carbonyl (C=O) groups is 1. The first kappa shape index (κ1) is 16.8. The summed E-state index contributed by atoms with van der Waals surface area (Å²) in [6.45, 7) is 6.57. The van der Waals surface area contributed by atoms with E-state index in [1.54, 1.807) is 19.9 Å². The van der Waals surface area contributed by atoms with Crippen molar-refractivity contribution in [2.45, 2.75) is 26.4 Å². The Bertz CT molecular complexity index is 666. The van der Waals surface area contributed by atoms with Crippen molar-refractivity contribution >= 4 is 32.6 Å². The lowest BCUT2D eigenvalue weighted by Crippen LogP contribution is -2.42. The molecule has 0 saturated heterocycles. The third kappa shape index (κ3) is 4.72. The number of likely N-dealkylation sites (N-methyl/N-ethyl adjacent to an activating group) is 1. The summed E-state index contributed by atoms with van der Waals surface area (Å²) >= 11 is 1.24. The molecule has 0 spiro atoms. The van der Waals surface area contributed by atoms with E-state index in [1.807, 2.05) is 11.8 Å². The molecule has 0 saturated carbocycles. The minimum Gasteiger partial charge on any atom is -0.389 e. The van der Waals surface area contributed by atoms with Crippen LogP contribution in [0.3, 0.4) is 0 Å². The number of hydrogen-bond donors (Lipinski definition) is 2. The van der Waals surface area contributed by atoms with Crippen molar-refractivity contribution in [2.24, 2.45) is 0 Å². The van der Waals surface area contributed by atoms with Gasteiger partial charge >= 0.3 is 0 Å². The quantitative estimate of drug-likeness (QED) is 0.856. The molecule has 1 amide bonds. The number of aromatic nitrogens is 1. The van der Waals surface area contributed by atoms with Gasteiger partial charge in [0.15, 0.2) is 5.13 Å².